The highest BCUT2D eigenvalue weighted by Gasteiger charge is 2.41. The summed E-state index contributed by atoms with van der Waals surface area (Å²) >= 11 is 0. The average molecular weight is 454 g/mol. The number of benzene rings is 1. The Morgan fingerprint density at radius 2 is 1.90 bits per heavy atom. The number of rotatable bonds is 10. The van der Waals surface area contributed by atoms with E-state index < -0.39 is 31.4 Å². The van der Waals surface area contributed by atoms with E-state index in [-0.39, 0.29) is 30.0 Å². The Kier molecular flexibility index (Phi) is 8.76. The lowest BCUT2D eigenvalue weighted by Gasteiger charge is -2.37. The van der Waals surface area contributed by atoms with E-state index in [1.54, 1.807) is 19.1 Å². The van der Waals surface area contributed by atoms with Crippen LogP contribution in [0.2, 0.25) is 18.1 Å². The molecule has 0 N–H and O–H groups in total. The Balaban J connectivity index is 1.97. The van der Waals surface area contributed by atoms with E-state index in [1.807, 2.05) is 0 Å². The van der Waals surface area contributed by atoms with Crippen molar-refractivity contribution in [2.75, 3.05) is 13.2 Å². The number of carbonyl (C=O) groups is 1. The molecule has 9 heteroatoms. The van der Waals surface area contributed by atoms with E-state index in [9.17, 15) is 14.9 Å². The minimum Gasteiger partial charge on any atom is -0.464 e. The van der Waals surface area contributed by atoms with Crippen LogP contribution < -0.4 is 0 Å². The molecular formula is C22H35NO7Si. The number of esters is 1. The van der Waals surface area contributed by atoms with Crippen molar-refractivity contribution >= 4 is 20.0 Å². The summed E-state index contributed by atoms with van der Waals surface area (Å²) in [7, 11) is -1.88. The van der Waals surface area contributed by atoms with Gasteiger partial charge >= 0.3 is 5.97 Å². The van der Waals surface area contributed by atoms with Gasteiger partial charge in [0.2, 0.25) is 0 Å². The molecule has 0 saturated carbocycles. The summed E-state index contributed by atoms with van der Waals surface area (Å²) in [4.78, 5) is 22.9. The average Bonchev–Trinajstić information content (AvgIpc) is 3.15. The van der Waals surface area contributed by atoms with Gasteiger partial charge in [0.15, 0.2) is 14.4 Å². The maximum Gasteiger partial charge on any atom is 0.337 e. The smallest absolute Gasteiger partial charge is 0.337 e. The fourth-order valence-electron chi connectivity index (χ4n) is 3.05. The van der Waals surface area contributed by atoms with E-state index in [1.165, 1.54) is 12.1 Å². The van der Waals surface area contributed by atoms with Crippen molar-refractivity contribution in [3.8, 4) is 0 Å². The van der Waals surface area contributed by atoms with Gasteiger partial charge in [-0.1, -0.05) is 20.8 Å². The number of non-ortho nitro benzene ring substituents is 1. The SMILES string of the molecule is CCOC(=O)[C@H](OCc1ccc([N+](=O)[O-])cc1)[C@H]1CC[C@H](CO[Si](C)(C)C(C)(C)C)O1. The van der Waals surface area contributed by atoms with Crippen LogP contribution in [-0.4, -0.2) is 50.7 Å². The Bertz CT molecular complexity index is 745. The van der Waals surface area contributed by atoms with Crippen LogP contribution >= 0.6 is 0 Å². The maximum atomic E-state index is 12.5. The van der Waals surface area contributed by atoms with Crippen LogP contribution in [0.15, 0.2) is 24.3 Å². The van der Waals surface area contributed by atoms with Gasteiger partial charge < -0.3 is 18.6 Å². The highest BCUT2D eigenvalue weighted by Crippen LogP contribution is 2.37. The summed E-state index contributed by atoms with van der Waals surface area (Å²) in [6, 6.07) is 6.06. The zero-order valence-electron chi connectivity index (χ0n) is 19.4. The predicted molar refractivity (Wildman–Crippen MR) is 119 cm³/mol. The third-order valence-corrected chi connectivity index (χ3v) is 10.5. The maximum absolute atomic E-state index is 12.5. The van der Waals surface area contributed by atoms with Gasteiger partial charge in [0, 0.05) is 12.1 Å². The fourth-order valence-corrected chi connectivity index (χ4v) is 4.08. The van der Waals surface area contributed by atoms with Crippen LogP contribution in [0.4, 0.5) is 5.69 Å². The van der Waals surface area contributed by atoms with Crippen LogP contribution in [0.1, 0.15) is 46.1 Å². The summed E-state index contributed by atoms with van der Waals surface area (Å²) in [5.74, 6) is -0.458. The van der Waals surface area contributed by atoms with E-state index >= 15 is 0 Å². The topological polar surface area (TPSA) is 97.1 Å². The van der Waals surface area contributed by atoms with Gasteiger partial charge in [-0.3, -0.25) is 10.1 Å². The van der Waals surface area contributed by atoms with Gasteiger partial charge in [0.1, 0.15) is 0 Å². The van der Waals surface area contributed by atoms with Crippen molar-refractivity contribution < 1.29 is 28.4 Å². The van der Waals surface area contributed by atoms with Crippen LogP contribution in [0.25, 0.3) is 0 Å². The van der Waals surface area contributed by atoms with Gasteiger partial charge in [-0.2, -0.15) is 0 Å². The number of nitro groups is 1. The number of nitro benzene ring substituents is 1. The highest BCUT2D eigenvalue weighted by molar-refractivity contribution is 6.74. The normalized spacial score (nSPS) is 20.5. The minimum absolute atomic E-state index is 0.00870. The molecule has 0 aliphatic carbocycles. The second kappa shape index (κ2) is 10.7. The van der Waals surface area contributed by atoms with E-state index in [2.05, 4.69) is 33.9 Å². The van der Waals surface area contributed by atoms with E-state index in [4.69, 9.17) is 18.6 Å². The van der Waals surface area contributed by atoms with Crippen molar-refractivity contribution in [1.29, 1.82) is 0 Å². The third kappa shape index (κ3) is 7.10. The molecule has 8 nitrogen and oxygen atoms in total. The van der Waals surface area contributed by atoms with Crippen molar-refractivity contribution in [2.24, 2.45) is 0 Å². The lowest BCUT2D eigenvalue weighted by atomic mass is 10.1. The first kappa shape index (κ1) is 25.4. The van der Waals surface area contributed by atoms with Gasteiger partial charge in [-0.25, -0.2) is 4.79 Å². The first-order chi connectivity index (χ1) is 14.4. The zero-order valence-corrected chi connectivity index (χ0v) is 20.4. The third-order valence-electron chi connectivity index (χ3n) is 6.01. The first-order valence-electron chi connectivity index (χ1n) is 10.8. The number of hydrogen-bond acceptors (Lipinski definition) is 7. The molecule has 1 aromatic rings. The lowest BCUT2D eigenvalue weighted by molar-refractivity contribution is -0.384. The number of ether oxygens (including phenoxy) is 3. The summed E-state index contributed by atoms with van der Waals surface area (Å²) < 4.78 is 23.5. The van der Waals surface area contributed by atoms with Gasteiger partial charge in [-0.15, -0.1) is 0 Å². The molecule has 1 aromatic carbocycles. The molecule has 1 fully saturated rings. The first-order valence-corrected chi connectivity index (χ1v) is 13.7. The molecule has 174 valence electrons. The highest BCUT2D eigenvalue weighted by atomic mass is 28.4. The molecule has 0 spiro atoms. The van der Waals surface area contributed by atoms with Crippen molar-refractivity contribution in [3.05, 3.63) is 39.9 Å². The van der Waals surface area contributed by atoms with Gasteiger partial charge in [-0.05, 0) is 55.6 Å². The summed E-state index contributed by atoms with van der Waals surface area (Å²) in [5, 5.41) is 10.9. The second-order valence-electron chi connectivity index (χ2n) is 9.35. The number of nitrogens with zero attached hydrogens (tertiary/aromatic N) is 1. The van der Waals surface area contributed by atoms with Crippen LogP contribution in [-0.2, 0) is 30.0 Å². The molecule has 3 atom stereocenters. The molecule has 0 bridgehead atoms. The Morgan fingerprint density at radius 1 is 1.26 bits per heavy atom. The molecule has 1 heterocycles. The second-order valence-corrected chi connectivity index (χ2v) is 14.2. The molecule has 0 unspecified atom stereocenters. The predicted octanol–water partition coefficient (Wildman–Crippen LogP) is 4.61. The lowest BCUT2D eigenvalue weighted by Crippen LogP contribution is -2.43. The fraction of sp³-hybridized carbons (Fsp3) is 0.682. The van der Waals surface area contributed by atoms with Crippen molar-refractivity contribution in [1.82, 2.24) is 0 Å². The molecule has 2 rings (SSSR count). The zero-order chi connectivity index (χ0) is 23.2. The summed E-state index contributed by atoms with van der Waals surface area (Å²) in [6.45, 7) is 13.6. The Hall–Kier alpha value is -1.81. The summed E-state index contributed by atoms with van der Waals surface area (Å²) in [5.41, 5.74) is 0.741. The molecule has 1 aliphatic rings. The monoisotopic (exact) mass is 453 g/mol. The Morgan fingerprint density at radius 3 is 2.45 bits per heavy atom. The summed E-state index contributed by atoms with van der Waals surface area (Å²) in [6.07, 6.45) is 0.114. The number of carbonyl (C=O) groups excluding carboxylic acids is 1. The van der Waals surface area contributed by atoms with Crippen LogP contribution in [0.3, 0.4) is 0 Å². The molecular weight excluding hydrogens is 418 g/mol. The van der Waals surface area contributed by atoms with E-state index in [0.717, 1.165) is 12.0 Å². The molecule has 1 saturated heterocycles. The van der Waals surface area contributed by atoms with Crippen LogP contribution in [0, 0.1) is 10.1 Å². The Labute approximate surface area is 185 Å². The minimum atomic E-state index is -1.88. The standard InChI is InChI=1S/C22H35NO7Si/c1-7-27-21(24)20(28-14-16-8-10-17(11-9-16)23(25)26)19-13-12-18(30-19)15-29-31(5,6)22(2,3)4/h8-11,18-20H,7,12-15H2,1-6H3/t18-,19-,20-/m1/s1. The quantitative estimate of drug-likeness (QED) is 0.221. The molecule has 0 radical (unpaired) electrons. The van der Waals surface area contributed by atoms with Crippen LogP contribution in [0.5, 0.6) is 0 Å². The molecule has 0 amide bonds. The number of hydrogen-bond donors (Lipinski definition) is 0. The van der Waals surface area contributed by atoms with Crippen molar-refractivity contribution in [3.63, 3.8) is 0 Å². The van der Waals surface area contributed by atoms with E-state index in [0.29, 0.717) is 13.0 Å². The van der Waals surface area contributed by atoms with Crippen molar-refractivity contribution in [2.45, 2.75) is 83.6 Å². The molecule has 1 aliphatic heterocycles. The van der Waals surface area contributed by atoms with Gasteiger partial charge in [0.25, 0.3) is 5.69 Å². The molecule has 0 aromatic heterocycles. The molecule has 31 heavy (non-hydrogen) atoms. The van der Waals surface area contributed by atoms with Gasteiger partial charge in [0.05, 0.1) is 37.0 Å². The largest absolute Gasteiger partial charge is 0.464 e.